The fraction of sp³-hybridized carbons (Fsp3) is 0.364. The third kappa shape index (κ3) is 2.82. The number of anilines is 2. The minimum absolute atomic E-state index is 0.00174. The van der Waals surface area contributed by atoms with Gasteiger partial charge >= 0.3 is 5.69 Å². The second-order valence-electron chi connectivity index (χ2n) is 4.30. The summed E-state index contributed by atoms with van der Waals surface area (Å²) in [5.74, 6) is 0.110. The summed E-state index contributed by atoms with van der Waals surface area (Å²) in [5.41, 5.74) is 5.61. The minimum atomic E-state index is -0.517. The molecule has 0 aliphatic carbocycles. The van der Waals surface area contributed by atoms with E-state index < -0.39 is 4.92 Å². The Hall–Kier alpha value is -2.29. The number of nitrogens with one attached hydrogen (secondary N) is 1. The average molecular weight is 294 g/mol. The number of nitrogens with zero attached hydrogens (tertiary/aromatic N) is 4. The largest absolute Gasteiger partial charge is 0.368 e. The fourth-order valence-electron chi connectivity index (χ4n) is 1.75. The smallest absolute Gasteiger partial charge is 0.332 e. The van der Waals surface area contributed by atoms with Crippen LogP contribution in [0.25, 0.3) is 0 Å². The maximum absolute atomic E-state index is 11.1. The zero-order valence-corrected chi connectivity index (χ0v) is 12.1. The molecular formula is C11H14N6O2S. The molecule has 0 radical (unpaired) electrons. The number of hydrogen-bond acceptors (Lipinski definition) is 8. The van der Waals surface area contributed by atoms with Gasteiger partial charge < -0.3 is 11.1 Å². The van der Waals surface area contributed by atoms with Crippen molar-refractivity contribution < 1.29 is 4.92 Å². The van der Waals surface area contributed by atoms with Crippen LogP contribution in [-0.2, 0) is 0 Å². The summed E-state index contributed by atoms with van der Waals surface area (Å²) in [6, 6.07) is -0.207. The molecule has 0 aromatic carbocycles. The molecule has 1 unspecified atom stereocenters. The van der Waals surface area contributed by atoms with Crippen LogP contribution >= 0.6 is 11.3 Å². The van der Waals surface area contributed by atoms with Gasteiger partial charge in [-0.2, -0.15) is 4.98 Å². The lowest BCUT2D eigenvalue weighted by atomic mass is 10.3. The normalized spacial score (nSPS) is 12.2. The minimum Gasteiger partial charge on any atom is -0.368 e. The lowest BCUT2D eigenvalue weighted by molar-refractivity contribution is -0.385. The van der Waals surface area contributed by atoms with E-state index in [1.165, 1.54) is 18.3 Å². The van der Waals surface area contributed by atoms with Gasteiger partial charge in [-0.15, -0.1) is 11.3 Å². The summed E-state index contributed by atoms with van der Waals surface area (Å²) in [7, 11) is 0. The van der Waals surface area contributed by atoms with Crippen LogP contribution in [0.4, 0.5) is 17.5 Å². The van der Waals surface area contributed by atoms with E-state index in [1.54, 1.807) is 6.20 Å². The molecule has 3 N–H and O–H groups in total. The van der Waals surface area contributed by atoms with Crippen molar-refractivity contribution in [1.82, 2.24) is 15.0 Å². The van der Waals surface area contributed by atoms with Crippen molar-refractivity contribution in [3.8, 4) is 0 Å². The predicted molar refractivity (Wildman–Crippen MR) is 76.7 cm³/mol. The summed E-state index contributed by atoms with van der Waals surface area (Å²) >= 11 is 1.52. The number of aryl methyl sites for hydroxylation is 2. The molecule has 2 heterocycles. The molecule has 0 aliphatic heterocycles. The third-order valence-corrected chi connectivity index (χ3v) is 3.72. The average Bonchev–Trinajstić information content (AvgIpc) is 2.74. The van der Waals surface area contributed by atoms with Crippen molar-refractivity contribution in [2.75, 3.05) is 11.1 Å². The van der Waals surface area contributed by atoms with E-state index in [4.69, 9.17) is 5.73 Å². The van der Waals surface area contributed by atoms with Gasteiger partial charge in [0.1, 0.15) is 10.7 Å². The standard InChI is InChI=1S/C11H14N6O2S/c1-5-4-13-10(20-5)7(3)14-9-8(17(18)19)6(2)15-11(12)16-9/h4,7H,1-3H3,(H3,12,14,15,16). The van der Waals surface area contributed by atoms with Crippen LogP contribution in [0.1, 0.15) is 28.5 Å². The van der Waals surface area contributed by atoms with Crippen LogP contribution in [0.3, 0.4) is 0 Å². The first-order valence-electron chi connectivity index (χ1n) is 5.86. The maximum Gasteiger partial charge on any atom is 0.332 e. The van der Waals surface area contributed by atoms with E-state index in [0.29, 0.717) is 0 Å². The second kappa shape index (κ2) is 5.37. The summed E-state index contributed by atoms with van der Waals surface area (Å²) < 4.78 is 0. The van der Waals surface area contributed by atoms with E-state index in [0.717, 1.165) is 9.88 Å². The van der Waals surface area contributed by atoms with Gasteiger partial charge in [0.05, 0.1) is 11.0 Å². The molecule has 1 atom stereocenters. The lowest BCUT2D eigenvalue weighted by Gasteiger charge is -2.12. The summed E-state index contributed by atoms with van der Waals surface area (Å²) in [5, 5.41) is 14.9. The van der Waals surface area contributed by atoms with Crippen LogP contribution in [-0.4, -0.2) is 19.9 Å². The number of rotatable bonds is 4. The molecule has 2 aromatic rings. The molecule has 0 fully saturated rings. The Morgan fingerprint density at radius 2 is 2.15 bits per heavy atom. The molecule has 0 amide bonds. The Morgan fingerprint density at radius 1 is 1.45 bits per heavy atom. The zero-order chi connectivity index (χ0) is 14.9. The Bertz CT molecular complexity index is 656. The van der Waals surface area contributed by atoms with E-state index in [1.807, 2.05) is 13.8 Å². The third-order valence-electron chi connectivity index (χ3n) is 2.62. The quantitative estimate of drug-likeness (QED) is 0.655. The molecule has 20 heavy (non-hydrogen) atoms. The van der Waals surface area contributed by atoms with E-state index >= 15 is 0 Å². The van der Waals surface area contributed by atoms with Crippen LogP contribution < -0.4 is 11.1 Å². The number of hydrogen-bond donors (Lipinski definition) is 2. The Balaban J connectivity index is 2.35. The highest BCUT2D eigenvalue weighted by Gasteiger charge is 2.23. The van der Waals surface area contributed by atoms with Crippen molar-refractivity contribution in [2.45, 2.75) is 26.8 Å². The first-order valence-corrected chi connectivity index (χ1v) is 6.67. The van der Waals surface area contributed by atoms with Crippen molar-refractivity contribution in [2.24, 2.45) is 0 Å². The molecular weight excluding hydrogens is 280 g/mol. The molecule has 0 saturated carbocycles. The lowest BCUT2D eigenvalue weighted by Crippen LogP contribution is -2.12. The van der Waals surface area contributed by atoms with Gasteiger partial charge in [0.15, 0.2) is 0 Å². The summed E-state index contributed by atoms with van der Waals surface area (Å²) in [6.45, 7) is 5.33. The molecule has 0 bridgehead atoms. The topological polar surface area (TPSA) is 120 Å². The van der Waals surface area contributed by atoms with Crippen molar-refractivity contribution in [3.63, 3.8) is 0 Å². The van der Waals surface area contributed by atoms with Crippen LogP contribution in [0, 0.1) is 24.0 Å². The molecule has 8 nitrogen and oxygen atoms in total. The number of nitro groups is 1. The van der Waals surface area contributed by atoms with Gasteiger partial charge in [-0.25, -0.2) is 9.97 Å². The molecule has 9 heteroatoms. The summed E-state index contributed by atoms with van der Waals surface area (Å²) in [6.07, 6.45) is 1.76. The van der Waals surface area contributed by atoms with Gasteiger partial charge in [-0.3, -0.25) is 10.1 Å². The molecule has 0 aliphatic rings. The molecule has 0 saturated heterocycles. The first kappa shape index (κ1) is 14.1. The fourth-order valence-corrected chi connectivity index (χ4v) is 2.52. The SMILES string of the molecule is Cc1cnc(C(C)Nc2nc(N)nc(C)c2[N+](=O)[O-])s1. The maximum atomic E-state index is 11.1. The number of aromatic nitrogens is 3. The zero-order valence-electron chi connectivity index (χ0n) is 11.2. The highest BCUT2D eigenvalue weighted by Crippen LogP contribution is 2.30. The van der Waals surface area contributed by atoms with Crippen molar-refractivity contribution in [3.05, 3.63) is 31.9 Å². The highest BCUT2D eigenvalue weighted by atomic mass is 32.1. The van der Waals surface area contributed by atoms with Crippen molar-refractivity contribution >= 4 is 28.8 Å². The molecule has 0 spiro atoms. The van der Waals surface area contributed by atoms with Crippen molar-refractivity contribution in [1.29, 1.82) is 0 Å². The highest BCUT2D eigenvalue weighted by molar-refractivity contribution is 7.11. The molecule has 2 aromatic heterocycles. The van der Waals surface area contributed by atoms with Gasteiger partial charge in [-0.1, -0.05) is 0 Å². The van der Waals surface area contributed by atoms with E-state index in [2.05, 4.69) is 20.3 Å². The van der Waals surface area contributed by atoms with Crippen LogP contribution in [0.15, 0.2) is 6.20 Å². The van der Waals surface area contributed by atoms with Gasteiger partial charge in [0, 0.05) is 11.1 Å². The first-order chi connectivity index (χ1) is 9.38. The number of nitrogen functional groups attached to an aromatic ring is 1. The monoisotopic (exact) mass is 294 g/mol. The predicted octanol–water partition coefficient (Wildman–Crippen LogP) is 2.21. The van der Waals surface area contributed by atoms with E-state index in [-0.39, 0.29) is 29.2 Å². The van der Waals surface area contributed by atoms with Gasteiger partial charge in [0.25, 0.3) is 0 Å². The second-order valence-corrected chi connectivity index (χ2v) is 5.56. The van der Waals surface area contributed by atoms with Gasteiger partial charge in [0.2, 0.25) is 11.8 Å². The molecule has 2 rings (SSSR count). The summed E-state index contributed by atoms with van der Waals surface area (Å²) in [4.78, 5) is 23.6. The number of nitrogens with two attached hydrogens (primary N) is 1. The Labute approximate surface area is 119 Å². The Morgan fingerprint density at radius 3 is 2.70 bits per heavy atom. The molecule has 106 valence electrons. The number of thiazole rings is 1. The Kier molecular flexibility index (Phi) is 3.79. The van der Waals surface area contributed by atoms with Crippen LogP contribution in [0.5, 0.6) is 0 Å². The van der Waals surface area contributed by atoms with E-state index in [9.17, 15) is 10.1 Å². The van der Waals surface area contributed by atoms with Crippen LogP contribution in [0.2, 0.25) is 0 Å². The van der Waals surface area contributed by atoms with Gasteiger partial charge in [-0.05, 0) is 20.8 Å².